The average molecular weight is 315 g/mol. The Bertz CT molecular complexity index is 579. The summed E-state index contributed by atoms with van der Waals surface area (Å²) in [6.07, 6.45) is 10.1. The molecule has 0 amide bonds. The molecule has 1 spiro atoms. The zero-order valence-electron chi connectivity index (χ0n) is 14.0. The summed E-state index contributed by atoms with van der Waals surface area (Å²) in [5.41, 5.74) is 10.4. The minimum absolute atomic E-state index is 0.105. The van der Waals surface area contributed by atoms with E-state index < -0.39 is 0 Å². The number of aliphatic hydroxyl groups is 1. The molecule has 0 bridgehead atoms. The Balaban J connectivity index is 1.52. The van der Waals surface area contributed by atoms with Crippen molar-refractivity contribution in [1.82, 2.24) is 0 Å². The predicted octanol–water partition coefficient (Wildman–Crippen LogP) is 3.07. The van der Waals surface area contributed by atoms with E-state index in [1.54, 1.807) is 0 Å². The second-order valence-corrected chi connectivity index (χ2v) is 8.15. The minimum Gasteiger partial charge on any atom is -0.394 e. The van der Waals surface area contributed by atoms with E-state index in [-0.39, 0.29) is 17.7 Å². The van der Waals surface area contributed by atoms with Crippen LogP contribution in [0.1, 0.15) is 67.6 Å². The molecule has 3 N–H and O–H groups in total. The minimum atomic E-state index is -0.361. The summed E-state index contributed by atoms with van der Waals surface area (Å²) in [5.74, 6) is 0.513. The lowest BCUT2D eigenvalue weighted by atomic mass is 9.75. The molecule has 0 radical (unpaired) electrons. The topological polar surface area (TPSA) is 55.5 Å². The normalized spacial score (nSPS) is 37.0. The van der Waals surface area contributed by atoms with E-state index in [9.17, 15) is 5.11 Å². The van der Waals surface area contributed by atoms with Gasteiger partial charge in [0.2, 0.25) is 0 Å². The van der Waals surface area contributed by atoms with Gasteiger partial charge in [-0.15, -0.1) is 0 Å². The van der Waals surface area contributed by atoms with E-state index in [2.05, 4.69) is 18.2 Å². The molecular weight excluding hydrogens is 286 g/mol. The monoisotopic (exact) mass is 315 g/mol. The molecule has 1 heterocycles. The Morgan fingerprint density at radius 2 is 2.09 bits per heavy atom. The second-order valence-electron chi connectivity index (χ2n) is 8.15. The first-order chi connectivity index (χ1) is 11.1. The van der Waals surface area contributed by atoms with Crippen LogP contribution < -0.4 is 5.73 Å². The van der Waals surface area contributed by atoms with Gasteiger partial charge in [-0.25, -0.2) is 0 Å². The molecule has 3 nitrogen and oxygen atoms in total. The van der Waals surface area contributed by atoms with Gasteiger partial charge < -0.3 is 15.6 Å². The summed E-state index contributed by atoms with van der Waals surface area (Å²) in [6, 6.07) is 7.05. The average Bonchev–Trinajstić information content (AvgIpc) is 2.98. The van der Waals surface area contributed by atoms with Crippen LogP contribution in [0.4, 0.5) is 0 Å². The van der Waals surface area contributed by atoms with Gasteiger partial charge >= 0.3 is 0 Å². The standard InChI is InChI=1S/C20H29NO2/c21-19(14-22)8-5-18(12-19)15-3-4-17-13-20(7-1-2-10-23-20)9-6-16(17)11-15/h3-4,11,18,22H,1-2,5-10,12-14,21H2/t18-,19+,20?/m0/s1. The Hall–Kier alpha value is -0.900. The maximum Gasteiger partial charge on any atom is 0.0726 e. The molecule has 23 heavy (non-hydrogen) atoms. The molecule has 1 aromatic carbocycles. The third-order valence-corrected chi connectivity index (χ3v) is 6.46. The Morgan fingerprint density at radius 3 is 2.83 bits per heavy atom. The second kappa shape index (κ2) is 5.87. The van der Waals surface area contributed by atoms with Crippen LogP contribution in [0.15, 0.2) is 18.2 Å². The smallest absolute Gasteiger partial charge is 0.0726 e. The molecule has 3 atom stereocenters. The molecule has 0 aromatic heterocycles. The highest BCUT2D eigenvalue weighted by Gasteiger charge is 2.38. The van der Waals surface area contributed by atoms with Gasteiger partial charge in [0.15, 0.2) is 0 Å². The highest BCUT2D eigenvalue weighted by molar-refractivity contribution is 5.38. The summed E-state index contributed by atoms with van der Waals surface area (Å²) in [7, 11) is 0. The fraction of sp³-hybridized carbons (Fsp3) is 0.700. The van der Waals surface area contributed by atoms with Gasteiger partial charge in [0.25, 0.3) is 0 Å². The molecule has 126 valence electrons. The van der Waals surface area contributed by atoms with Crippen molar-refractivity contribution in [3.05, 3.63) is 34.9 Å². The van der Waals surface area contributed by atoms with Crippen LogP contribution in [0.5, 0.6) is 0 Å². The van der Waals surface area contributed by atoms with Crippen LogP contribution in [0.2, 0.25) is 0 Å². The van der Waals surface area contributed by atoms with Gasteiger partial charge in [0, 0.05) is 18.6 Å². The molecule has 1 saturated carbocycles. The molecule has 3 heteroatoms. The Kier molecular flexibility index (Phi) is 3.99. The highest BCUT2D eigenvalue weighted by atomic mass is 16.5. The zero-order chi connectivity index (χ0) is 15.9. The number of rotatable bonds is 2. The number of hydrogen-bond donors (Lipinski definition) is 2. The summed E-state index contributed by atoms with van der Waals surface area (Å²) >= 11 is 0. The van der Waals surface area contributed by atoms with Crippen molar-refractivity contribution in [2.45, 2.75) is 74.8 Å². The van der Waals surface area contributed by atoms with E-state index in [4.69, 9.17) is 10.5 Å². The van der Waals surface area contributed by atoms with Crippen molar-refractivity contribution >= 4 is 0 Å². The molecule has 1 aliphatic heterocycles. The van der Waals surface area contributed by atoms with E-state index in [1.807, 2.05) is 0 Å². The van der Waals surface area contributed by atoms with Crippen molar-refractivity contribution in [2.24, 2.45) is 5.73 Å². The van der Waals surface area contributed by atoms with Crippen molar-refractivity contribution in [1.29, 1.82) is 0 Å². The maximum absolute atomic E-state index is 9.48. The van der Waals surface area contributed by atoms with E-state index in [0.717, 1.165) is 38.7 Å². The number of hydrogen-bond acceptors (Lipinski definition) is 3. The van der Waals surface area contributed by atoms with Gasteiger partial charge in [-0.2, -0.15) is 0 Å². The lowest BCUT2D eigenvalue weighted by molar-refractivity contribution is -0.0861. The largest absolute Gasteiger partial charge is 0.394 e. The number of aliphatic hydroxyl groups excluding tert-OH is 1. The van der Waals surface area contributed by atoms with Gasteiger partial charge in [-0.3, -0.25) is 0 Å². The molecule has 1 unspecified atom stereocenters. The summed E-state index contributed by atoms with van der Waals surface area (Å²) in [5, 5.41) is 9.48. The molecule has 1 saturated heterocycles. The van der Waals surface area contributed by atoms with Crippen LogP contribution in [0.3, 0.4) is 0 Å². The van der Waals surface area contributed by atoms with Crippen molar-refractivity contribution in [3.63, 3.8) is 0 Å². The molecular formula is C20H29NO2. The fourth-order valence-electron chi connectivity index (χ4n) is 4.93. The van der Waals surface area contributed by atoms with Crippen LogP contribution in [-0.4, -0.2) is 29.5 Å². The molecule has 1 aromatic rings. The van der Waals surface area contributed by atoms with Gasteiger partial charge in [0.05, 0.1) is 12.2 Å². The Morgan fingerprint density at radius 1 is 1.17 bits per heavy atom. The van der Waals surface area contributed by atoms with Gasteiger partial charge in [0.1, 0.15) is 0 Å². The molecule has 3 aliphatic rings. The number of nitrogens with two attached hydrogens (primary N) is 1. The van der Waals surface area contributed by atoms with Gasteiger partial charge in [-0.05, 0) is 74.0 Å². The lowest BCUT2D eigenvalue weighted by Crippen LogP contribution is -2.41. The first-order valence-electron chi connectivity index (χ1n) is 9.27. The van der Waals surface area contributed by atoms with Gasteiger partial charge in [-0.1, -0.05) is 18.2 Å². The first kappa shape index (κ1) is 15.6. The number of benzene rings is 1. The SMILES string of the molecule is N[C@]1(CO)CC[C@H](c2ccc3c(c2)CCC2(CCCCO2)C3)C1. The number of aryl methyl sites for hydroxylation is 1. The first-order valence-corrected chi connectivity index (χ1v) is 9.27. The number of fused-ring (bicyclic) bond motifs is 1. The van der Waals surface area contributed by atoms with Crippen LogP contribution in [0.25, 0.3) is 0 Å². The predicted molar refractivity (Wildman–Crippen MR) is 91.6 cm³/mol. The van der Waals surface area contributed by atoms with E-state index >= 15 is 0 Å². The van der Waals surface area contributed by atoms with Crippen LogP contribution >= 0.6 is 0 Å². The molecule has 2 aliphatic carbocycles. The highest BCUT2D eigenvalue weighted by Crippen LogP contribution is 2.42. The maximum atomic E-state index is 9.48. The fourth-order valence-corrected chi connectivity index (χ4v) is 4.93. The molecule has 4 rings (SSSR count). The number of ether oxygens (including phenoxy) is 1. The van der Waals surface area contributed by atoms with Crippen molar-refractivity contribution < 1.29 is 9.84 Å². The van der Waals surface area contributed by atoms with Crippen molar-refractivity contribution in [3.8, 4) is 0 Å². The third-order valence-electron chi connectivity index (χ3n) is 6.46. The quantitative estimate of drug-likeness (QED) is 0.882. The van der Waals surface area contributed by atoms with E-state index in [1.165, 1.54) is 42.4 Å². The third kappa shape index (κ3) is 2.95. The molecule has 2 fully saturated rings. The van der Waals surface area contributed by atoms with Crippen LogP contribution in [0, 0.1) is 0 Å². The van der Waals surface area contributed by atoms with E-state index in [0.29, 0.717) is 5.92 Å². The zero-order valence-corrected chi connectivity index (χ0v) is 14.0. The summed E-state index contributed by atoms with van der Waals surface area (Å²) in [4.78, 5) is 0. The summed E-state index contributed by atoms with van der Waals surface area (Å²) < 4.78 is 6.19. The lowest BCUT2D eigenvalue weighted by Gasteiger charge is -2.41. The Labute approximate surface area is 139 Å². The van der Waals surface area contributed by atoms with Crippen molar-refractivity contribution in [2.75, 3.05) is 13.2 Å². The summed E-state index contributed by atoms with van der Waals surface area (Å²) in [6.45, 7) is 1.05. The van der Waals surface area contributed by atoms with Crippen LogP contribution in [-0.2, 0) is 17.6 Å².